The Labute approximate surface area is 95.5 Å². The van der Waals surface area contributed by atoms with Crippen LogP contribution in [0.25, 0.3) is 0 Å². The molecule has 0 radical (unpaired) electrons. The Morgan fingerprint density at radius 2 is 2.19 bits per heavy atom. The van der Waals surface area contributed by atoms with Crippen LogP contribution in [-0.4, -0.2) is 12.6 Å². The molecule has 1 aromatic rings. The van der Waals surface area contributed by atoms with Gasteiger partial charge in [0.15, 0.2) is 0 Å². The molecule has 0 saturated heterocycles. The lowest BCUT2D eigenvalue weighted by molar-refractivity contribution is -0.250. The Bertz CT molecular complexity index is 375. The summed E-state index contributed by atoms with van der Waals surface area (Å²) >= 11 is 0. The van der Waals surface area contributed by atoms with Gasteiger partial charge in [0.25, 0.3) is 0 Å². The molecule has 4 heteroatoms. The highest BCUT2D eigenvalue weighted by Gasteiger charge is 2.03. The summed E-state index contributed by atoms with van der Waals surface area (Å²) in [4.78, 5) is 10.2. The van der Waals surface area contributed by atoms with Gasteiger partial charge in [-0.1, -0.05) is 26.0 Å². The van der Waals surface area contributed by atoms with Gasteiger partial charge in [-0.05, 0) is 29.5 Å². The number of hydrogen-bond donors (Lipinski definition) is 2. The molecule has 0 unspecified atom stereocenters. The van der Waals surface area contributed by atoms with Crippen molar-refractivity contribution in [3.8, 4) is 0 Å². The van der Waals surface area contributed by atoms with Crippen molar-refractivity contribution in [3.05, 3.63) is 29.3 Å². The Morgan fingerprint density at radius 3 is 2.69 bits per heavy atom. The van der Waals surface area contributed by atoms with E-state index in [2.05, 4.69) is 19.2 Å². The molecule has 0 saturated carbocycles. The van der Waals surface area contributed by atoms with Crippen molar-refractivity contribution in [2.45, 2.75) is 26.2 Å². The van der Waals surface area contributed by atoms with Gasteiger partial charge in [0, 0.05) is 12.2 Å². The highest BCUT2D eigenvalue weighted by molar-refractivity contribution is 5.61. The van der Waals surface area contributed by atoms with Crippen LogP contribution in [0.4, 0.5) is 10.5 Å². The molecule has 3 N–H and O–H groups in total. The number of carboxylic acid groups (broad SMARTS) is 1. The van der Waals surface area contributed by atoms with E-state index in [1.54, 1.807) is 0 Å². The molecule has 0 heterocycles. The van der Waals surface area contributed by atoms with E-state index in [4.69, 9.17) is 5.73 Å². The first-order valence-electron chi connectivity index (χ1n) is 5.34. The Kier molecular flexibility index (Phi) is 4.17. The quantitative estimate of drug-likeness (QED) is 0.740. The summed E-state index contributed by atoms with van der Waals surface area (Å²) in [6.45, 7) is 4.53. The second-order valence-electron chi connectivity index (χ2n) is 4.08. The Morgan fingerprint density at radius 1 is 1.50 bits per heavy atom. The maximum Gasteiger partial charge on any atom is 0.134 e. The molecular formula is C12H17N2O2-. The molecule has 0 spiro atoms. The van der Waals surface area contributed by atoms with Crippen LogP contribution in [-0.2, 0) is 6.42 Å². The minimum Gasteiger partial charge on any atom is -0.530 e. The maximum absolute atomic E-state index is 10.2. The first-order chi connectivity index (χ1) is 7.50. The van der Waals surface area contributed by atoms with Crippen molar-refractivity contribution in [1.82, 2.24) is 5.32 Å². The number of nitrogen functional groups attached to an aromatic ring is 1. The number of carbonyl (C=O) groups is 1. The van der Waals surface area contributed by atoms with Gasteiger partial charge in [-0.2, -0.15) is 0 Å². The zero-order chi connectivity index (χ0) is 12.1. The summed E-state index contributed by atoms with van der Waals surface area (Å²) in [6.07, 6.45) is -0.671. The number of nitrogens with two attached hydrogens (primary N) is 1. The highest BCUT2D eigenvalue weighted by atomic mass is 16.4. The smallest absolute Gasteiger partial charge is 0.134 e. The average molecular weight is 221 g/mol. The summed E-state index contributed by atoms with van der Waals surface area (Å²) in [7, 11) is 0. The van der Waals surface area contributed by atoms with E-state index >= 15 is 0 Å². The van der Waals surface area contributed by atoms with Gasteiger partial charge in [-0.15, -0.1) is 0 Å². The summed E-state index contributed by atoms with van der Waals surface area (Å²) in [6, 6.07) is 5.91. The van der Waals surface area contributed by atoms with Crippen molar-refractivity contribution < 1.29 is 9.90 Å². The number of carbonyl (C=O) groups excluding carboxylic acids is 1. The summed E-state index contributed by atoms with van der Waals surface area (Å²) in [5, 5.41) is 12.4. The standard InChI is InChI=1S/C12H18N2O2/c1-8(2)10-4-3-9(11(13)7-10)5-6-14-12(15)16/h3-4,7-8,14H,5-6,13H2,1-2H3,(H,15,16)/p-1. The van der Waals surface area contributed by atoms with Gasteiger partial charge >= 0.3 is 0 Å². The molecule has 88 valence electrons. The van der Waals surface area contributed by atoms with Crippen LogP contribution in [0.2, 0.25) is 0 Å². The summed E-state index contributed by atoms with van der Waals surface area (Å²) in [5.74, 6) is 0.442. The fourth-order valence-electron chi connectivity index (χ4n) is 1.50. The average Bonchev–Trinajstić information content (AvgIpc) is 2.19. The van der Waals surface area contributed by atoms with Gasteiger partial charge < -0.3 is 21.0 Å². The van der Waals surface area contributed by atoms with E-state index in [0.717, 1.165) is 5.56 Å². The molecule has 1 aromatic carbocycles. The van der Waals surface area contributed by atoms with E-state index < -0.39 is 6.09 Å². The summed E-state index contributed by atoms with van der Waals surface area (Å²) in [5.41, 5.74) is 8.75. The number of amides is 1. The van der Waals surface area contributed by atoms with E-state index in [0.29, 0.717) is 24.6 Å². The Hall–Kier alpha value is -1.71. The van der Waals surface area contributed by atoms with Gasteiger partial charge in [-0.3, -0.25) is 0 Å². The third-order valence-electron chi connectivity index (χ3n) is 2.50. The molecule has 0 aliphatic carbocycles. The van der Waals surface area contributed by atoms with Crippen LogP contribution in [0.5, 0.6) is 0 Å². The lowest BCUT2D eigenvalue weighted by Crippen LogP contribution is -2.37. The largest absolute Gasteiger partial charge is 0.530 e. The van der Waals surface area contributed by atoms with E-state index in [1.165, 1.54) is 5.56 Å². The highest BCUT2D eigenvalue weighted by Crippen LogP contribution is 2.20. The fraction of sp³-hybridized carbons (Fsp3) is 0.417. The molecule has 1 rings (SSSR count). The van der Waals surface area contributed by atoms with Crippen molar-refractivity contribution in [2.24, 2.45) is 0 Å². The normalized spacial score (nSPS) is 10.4. The molecule has 0 bridgehead atoms. The zero-order valence-electron chi connectivity index (χ0n) is 9.62. The number of benzene rings is 1. The van der Waals surface area contributed by atoms with Crippen molar-refractivity contribution >= 4 is 11.8 Å². The van der Waals surface area contributed by atoms with Crippen LogP contribution < -0.4 is 16.2 Å². The molecule has 4 nitrogen and oxygen atoms in total. The van der Waals surface area contributed by atoms with E-state index in [9.17, 15) is 9.90 Å². The van der Waals surface area contributed by atoms with Crippen molar-refractivity contribution in [1.29, 1.82) is 0 Å². The van der Waals surface area contributed by atoms with Crippen molar-refractivity contribution in [3.63, 3.8) is 0 Å². The third kappa shape index (κ3) is 3.46. The predicted molar refractivity (Wildman–Crippen MR) is 62.0 cm³/mol. The molecule has 0 aliphatic heterocycles. The number of rotatable bonds is 4. The van der Waals surface area contributed by atoms with Gasteiger partial charge in [0.05, 0.1) is 0 Å². The minimum atomic E-state index is -1.25. The van der Waals surface area contributed by atoms with Crippen LogP contribution in [0, 0.1) is 0 Å². The topological polar surface area (TPSA) is 78.2 Å². The molecule has 0 fully saturated rings. The third-order valence-corrected chi connectivity index (χ3v) is 2.50. The van der Waals surface area contributed by atoms with E-state index in [-0.39, 0.29) is 0 Å². The first-order valence-corrected chi connectivity index (χ1v) is 5.34. The van der Waals surface area contributed by atoms with Gasteiger partial charge in [0.1, 0.15) is 6.09 Å². The second kappa shape index (κ2) is 5.39. The van der Waals surface area contributed by atoms with Crippen LogP contribution in [0.3, 0.4) is 0 Å². The predicted octanol–water partition coefficient (Wildman–Crippen LogP) is 0.868. The van der Waals surface area contributed by atoms with E-state index in [1.807, 2.05) is 18.2 Å². The monoisotopic (exact) mass is 221 g/mol. The molecule has 0 aromatic heterocycles. The molecule has 1 amide bonds. The molecule has 0 aliphatic rings. The molecule has 0 atom stereocenters. The van der Waals surface area contributed by atoms with Crippen LogP contribution >= 0.6 is 0 Å². The SMILES string of the molecule is CC(C)c1ccc(CCNC(=O)[O-])c(N)c1. The Balaban J connectivity index is 2.64. The molecular weight excluding hydrogens is 204 g/mol. The lowest BCUT2D eigenvalue weighted by atomic mass is 9.99. The van der Waals surface area contributed by atoms with Gasteiger partial charge in [-0.25, -0.2) is 0 Å². The number of anilines is 1. The second-order valence-corrected chi connectivity index (χ2v) is 4.08. The number of nitrogens with one attached hydrogen (secondary N) is 1. The lowest BCUT2D eigenvalue weighted by Gasteiger charge is -2.11. The maximum atomic E-state index is 10.2. The molecule has 16 heavy (non-hydrogen) atoms. The zero-order valence-corrected chi connectivity index (χ0v) is 9.62. The first kappa shape index (κ1) is 12.4. The van der Waals surface area contributed by atoms with Gasteiger partial charge in [0.2, 0.25) is 0 Å². The van der Waals surface area contributed by atoms with Crippen LogP contribution in [0.15, 0.2) is 18.2 Å². The minimum absolute atomic E-state index is 0.327. The fourth-order valence-corrected chi connectivity index (χ4v) is 1.50. The van der Waals surface area contributed by atoms with Crippen LogP contribution in [0.1, 0.15) is 30.9 Å². The number of hydrogen-bond acceptors (Lipinski definition) is 3. The van der Waals surface area contributed by atoms with Crippen molar-refractivity contribution in [2.75, 3.05) is 12.3 Å². The summed E-state index contributed by atoms with van der Waals surface area (Å²) < 4.78 is 0.